The smallest absolute Gasteiger partial charge is 0.228 e. The summed E-state index contributed by atoms with van der Waals surface area (Å²) in [5.41, 5.74) is 6.56. The molecule has 3 N–H and O–H groups in total. The van der Waals surface area contributed by atoms with Crippen LogP contribution in [0.2, 0.25) is 5.02 Å². The number of halogens is 1. The van der Waals surface area contributed by atoms with E-state index in [1.807, 2.05) is 0 Å². The molecule has 0 heterocycles. The van der Waals surface area contributed by atoms with Gasteiger partial charge in [-0.3, -0.25) is 14.4 Å². The lowest BCUT2D eigenvalue weighted by Crippen LogP contribution is -2.37. The van der Waals surface area contributed by atoms with Gasteiger partial charge in [0, 0.05) is 16.1 Å². The molecule has 1 aliphatic rings. The number of nitrogens with two attached hydrogens (primary N) is 1. The zero-order valence-electron chi connectivity index (χ0n) is 12.5. The molecule has 1 aliphatic carbocycles. The van der Waals surface area contributed by atoms with Crippen LogP contribution < -0.4 is 11.1 Å². The summed E-state index contributed by atoms with van der Waals surface area (Å²) < 4.78 is 0. The third-order valence-electron chi connectivity index (χ3n) is 3.70. The number of carbonyl (C=O) groups is 3. The van der Waals surface area contributed by atoms with Gasteiger partial charge in [0.15, 0.2) is 0 Å². The van der Waals surface area contributed by atoms with Crippen molar-refractivity contribution in [2.24, 2.45) is 5.73 Å². The lowest BCUT2D eigenvalue weighted by Gasteiger charge is -2.19. The van der Waals surface area contributed by atoms with Crippen molar-refractivity contribution < 1.29 is 14.4 Å². The van der Waals surface area contributed by atoms with E-state index in [1.165, 1.54) is 12.1 Å². The van der Waals surface area contributed by atoms with Crippen LogP contribution in [0.1, 0.15) is 26.3 Å². The van der Waals surface area contributed by atoms with Crippen LogP contribution in [0.4, 0.5) is 0 Å². The number of hydrogen-bond donors (Lipinski definition) is 2. The second-order valence-corrected chi connectivity index (χ2v) is 5.78. The molecule has 0 aliphatic heterocycles. The van der Waals surface area contributed by atoms with Crippen LogP contribution in [0.15, 0.2) is 59.9 Å². The zero-order chi connectivity index (χ0) is 17.3. The van der Waals surface area contributed by atoms with Crippen LogP contribution in [-0.2, 0) is 11.2 Å². The highest BCUT2D eigenvalue weighted by Gasteiger charge is 2.31. The molecule has 3 rings (SSSR count). The van der Waals surface area contributed by atoms with Gasteiger partial charge >= 0.3 is 0 Å². The molecule has 0 bridgehead atoms. The average molecular weight is 341 g/mol. The van der Waals surface area contributed by atoms with Gasteiger partial charge in [0.05, 0.1) is 6.42 Å². The molecular formula is C18H13ClN2O3. The summed E-state index contributed by atoms with van der Waals surface area (Å²) in [6, 6.07) is 13.1. The highest BCUT2D eigenvalue weighted by Crippen LogP contribution is 2.22. The molecule has 0 spiro atoms. The molecule has 0 saturated carbocycles. The number of amides is 1. The Morgan fingerprint density at radius 2 is 1.54 bits per heavy atom. The van der Waals surface area contributed by atoms with Gasteiger partial charge in [-0.05, 0) is 17.7 Å². The van der Waals surface area contributed by atoms with Crippen LogP contribution in [-0.4, -0.2) is 17.5 Å². The highest BCUT2D eigenvalue weighted by molar-refractivity contribution is 6.30. The predicted molar refractivity (Wildman–Crippen MR) is 89.6 cm³/mol. The predicted octanol–water partition coefficient (Wildman–Crippen LogP) is 2.25. The summed E-state index contributed by atoms with van der Waals surface area (Å²) in [7, 11) is 0. The van der Waals surface area contributed by atoms with E-state index in [1.54, 1.807) is 36.4 Å². The van der Waals surface area contributed by atoms with Crippen molar-refractivity contribution in [2.45, 2.75) is 6.42 Å². The van der Waals surface area contributed by atoms with Crippen LogP contribution in [0, 0.1) is 0 Å². The molecule has 5 nitrogen and oxygen atoms in total. The number of allylic oxidation sites excluding steroid dienone is 2. The molecule has 0 unspecified atom stereocenters. The van der Waals surface area contributed by atoms with Crippen LogP contribution in [0.3, 0.4) is 0 Å². The first-order chi connectivity index (χ1) is 11.5. The fraction of sp³-hybridized carbons (Fsp3) is 0.0556. The zero-order valence-corrected chi connectivity index (χ0v) is 13.3. The molecule has 24 heavy (non-hydrogen) atoms. The van der Waals surface area contributed by atoms with Gasteiger partial charge in [-0.25, -0.2) is 0 Å². The number of Topliss-reactive ketones (excluding diaryl/α,β-unsaturated/α-hetero) is 2. The van der Waals surface area contributed by atoms with Crippen molar-refractivity contribution in [2.75, 3.05) is 0 Å². The van der Waals surface area contributed by atoms with Gasteiger partial charge in [0.1, 0.15) is 11.4 Å². The molecule has 120 valence electrons. The monoisotopic (exact) mass is 340 g/mol. The minimum atomic E-state index is -0.466. The third kappa shape index (κ3) is 2.94. The standard InChI is InChI=1S/C18H13ClN2O3/c19-11-7-5-10(6-8-11)9-14(22)21-16-15(20)17(23)12-3-1-2-4-13(12)18(16)24/h1-8H,9,20H2,(H,21,22). The second-order valence-electron chi connectivity index (χ2n) is 5.34. The summed E-state index contributed by atoms with van der Waals surface area (Å²) in [6.45, 7) is 0. The Hall–Kier alpha value is -2.92. The van der Waals surface area contributed by atoms with Gasteiger partial charge in [-0.1, -0.05) is 48.0 Å². The van der Waals surface area contributed by atoms with Crippen LogP contribution in [0.25, 0.3) is 0 Å². The molecular weight excluding hydrogens is 328 g/mol. The van der Waals surface area contributed by atoms with Gasteiger partial charge < -0.3 is 11.1 Å². The molecule has 0 aromatic heterocycles. The first-order valence-corrected chi connectivity index (χ1v) is 7.57. The van der Waals surface area contributed by atoms with E-state index < -0.39 is 17.5 Å². The Bertz CT molecular complexity index is 885. The molecule has 1 amide bonds. The van der Waals surface area contributed by atoms with Crippen molar-refractivity contribution in [1.29, 1.82) is 0 Å². The Morgan fingerprint density at radius 1 is 0.958 bits per heavy atom. The maximum Gasteiger partial charge on any atom is 0.228 e. The maximum absolute atomic E-state index is 12.5. The van der Waals surface area contributed by atoms with E-state index in [4.69, 9.17) is 17.3 Å². The summed E-state index contributed by atoms with van der Waals surface area (Å²) in [4.78, 5) is 36.9. The lowest BCUT2D eigenvalue weighted by atomic mass is 9.90. The number of benzene rings is 2. The number of rotatable bonds is 3. The van der Waals surface area contributed by atoms with E-state index in [0.717, 1.165) is 5.56 Å². The Kier molecular flexibility index (Phi) is 4.18. The minimum absolute atomic E-state index is 0.0388. The second kappa shape index (κ2) is 6.29. The molecule has 0 fully saturated rings. The van der Waals surface area contributed by atoms with Crippen molar-refractivity contribution >= 4 is 29.1 Å². The molecule has 0 atom stereocenters. The quantitative estimate of drug-likeness (QED) is 0.896. The van der Waals surface area contributed by atoms with E-state index in [-0.39, 0.29) is 28.9 Å². The van der Waals surface area contributed by atoms with E-state index in [9.17, 15) is 14.4 Å². The highest BCUT2D eigenvalue weighted by atomic mass is 35.5. The fourth-order valence-electron chi connectivity index (χ4n) is 2.49. The van der Waals surface area contributed by atoms with Crippen molar-refractivity contribution in [3.8, 4) is 0 Å². The third-order valence-corrected chi connectivity index (χ3v) is 3.95. The summed E-state index contributed by atoms with van der Waals surface area (Å²) in [6.07, 6.45) is 0.0388. The average Bonchev–Trinajstić information content (AvgIpc) is 2.59. The largest absolute Gasteiger partial charge is 0.394 e. The van der Waals surface area contributed by atoms with E-state index in [0.29, 0.717) is 5.02 Å². The Labute approximate surface area is 143 Å². The minimum Gasteiger partial charge on any atom is -0.394 e. The van der Waals surface area contributed by atoms with Crippen LogP contribution in [0.5, 0.6) is 0 Å². The first kappa shape index (κ1) is 16.0. The van der Waals surface area contributed by atoms with Crippen LogP contribution >= 0.6 is 11.6 Å². The maximum atomic E-state index is 12.5. The molecule has 0 radical (unpaired) electrons. The Balaban J connectivity index is 1.83. The first-order valence-electron chi connectivity index (χ1n) is 7.20. The van der Waals surface area contributed by atoms with Crippen molar-refractivity contribution in [1.82, 2.24) is 5.32 Å². The Morgan fingerprint density at radius 3 is 2.17 bits per heavy atom. The summed E-state index contributed by atoms with van der Waals surface area (Å²) in [5.74, 6) is -1.37. The summed E-state index contributed by atoms with van der Waals surface area (Å²) in [5, 5.41) is 3.03. The number of ketones is 2. The molecule has 2 aromatic rings. The summed E-state index contributed by atoms with van der Waals surface area (Å²) >= 11 is 5.80. The van der Waals surface area contributed by atoms with Gasteiger partial charge in [-0.15, -0.1) is 0 Å². The van der Waals surface area contributed by atoms with Crippen molar-refractivity contribution in [3.63, 3.8) is 0 Å². The fourth-order valence-corrected chi connectivity index (χ4v) is 2.62. The number of nitrogens with one attached hydrogen (secondary N) is 1. The molecule has 2 aromatic carbocycles. The van der Waals surface area contributed by atoms with E-state index in [2.05, 4.69) is 5.32 Å². The van der Waals surface area contributed by atoms with Gasteiger partial charge in [0.25, 0.3) is 0 Å². The molecule has 6 heteroatoms. The molecule has 0 saturated heterocycles. The van der Waals surface area contributed by atoms with Gasteiger partial charge in [0.2, 0.25) is 17.5 Å². The van der Waals surface area contributed by atoms with E-state index >= 15 is 0 Å². The van der Waals surface area contributed by atoms with Crippen molar-refractivity contribution in [3.05, 3.63) is 81.6 Å². The lowest BCUT2D eigenvalue weighted by molar-refractivity contribution is -0.119. The number of hydrogen-bond acceptors (Lipinski definition) is 4. The SMILES string of the molecule is NC1=C(NC(=O)Cc2ccc(Cl)cc2)C(=O)c2ccccc2C1=O. The normalized spacial score (nSPS) is 13.7. The number of carbonyl (C=O) groups excluding carboxylic acids is 3. The number of fused-ring (bicyclic) bond motifs is 1. The van der Waals surface area contributed by atoms with Gasteiger partial charge in [-0.2, -0.15) is 0 Å². The topological polar surface area (TPSA) is 89.3 Å².